The van der Waals surface area contributed by atoms with Crippen molar-refractivity contribution in [3.05, 3.63) is 40.1 Å². The molecule has 3 aromatic rings. The molecule has 8 nitrogen and oxygen atoms in total. The topological polar surface area (TPSA) is 106 Å². The number of urea groups is 1. The predicted octanol–water partition coefficient (Wildman–Crippen LogP) is 2.82. The molecule has 0 atom stereocenters. The number of anilines is 1. The summed E-state index contributed by atoms with van der Waals surface area (Å²) in [6.45, 7) is 4.35. The molecule has 2 heterocycles. The molecule has 2 N–H and O–H groups in total. The van der Waals surface area contributed by atoms with E-state index in [1.54, 1.807) is 12.1 Å². The molecule has 0 fully saturated rings. The van der Waals surface area contributed by atoms with Crippen LogP contribution in [0.4, 0.5) is 10.5 Å². The summed E-state index contributed by atoms with van der Waals surface area (Å²) in [5, 5.41) is 19.3. The highest BCUT2D eigenvalue weighted by Gasteiger charge is 2.09. The standard InChI is InChI=1S/C16H18N6O2S/c1-3-13-19-15(24-22-13)11-5-4-6-12(9-11)18-16(23)17-8-7-14-21-20-10(2)25-14/h4-6,9H,3,7-8H2,1-2H3,(H2,17,18,23). The number of nitrogens with zero attached hydrogens (tertiary/aromatic N) is 4. The van der Waals surface area contributed by atoms with E-state index in [0.717, 1.165) is 15.6 Å². The van der Waals surface area contributed by atoms with Crippen molar-refractivity contribution < 1.29 is 9.32 Å². The first kappa shape index (κ1) is 17.0. The summed E-state index contributed by atoms with van der Waals surface area (Å²) < 4.78 is 5.22. The molecule has 0 radical (unpaired) electrons. The van der Waals surface area contributed by atoms with Crippen LogP contribution in [0.2, 0.25) is 0 Å². The highest BCUT2D eigenvalue weighted by atomic mass is 32.1. The molecule has 0 spiro atoms. The zero-order chi connectivity index (χ0) is 17.6. The van der Waals surface area contributed by atoms with Crippen molar-refractivity contribution in [1.82, 2.24) is 25.7 Å². The number of aromatic nitrogens is 4. The van der Waals surface area contributed by atoms with Gasteiger partial charge in [-0.15, -0.1) is 21.5 Å². The summed E-state index contributed by atoms with van der Waals surface area (Å²) in [6, 6.07) is 6.99. The SMILES string of the molecule is CCc1noc(-c2cccc(NC(=O)NCCc3nnc(C)s3)c2)n1. The number of hydrogen-bond donors (Lipinski definition) is 2. The third-order valence-electron chi connectivity index (χ3n) is 3.34. The highest BCUT2D eigenvalue weighted by molar-refractivity contribution is 7.11. The van der Waals surface area contributed by atoms with Gasteiger partial charge in [-0.3, -0.25) is 0 Å². The van der Waals surface area contributed by atoms with Crippen molar-refractivity contribution in [1.29, 1.82) is 0 Å². The van der Waals surface area contributed by atoms with E-state index in [1.807, 2.05) is 26.0 Å². The molecule has 2 amide bonds. The molecule has 0 aliphatic heterocycles. The van der Waals surface area contributed by atoms with Gasteiger partial charge >= 0.3 is 6.03 Å². The monoisotopic (exact) mass is 358 g/mol. The van der Waals surface area contributed by atoms with E-state index in [-0.39, 0.29) is 6.03 Å². The van der Waals surface area contributed by atoms with Crippen molar-refractivity contribution in [3.63, 3.8) is 0 Å². The lowest BCUT2D eigenvalue weighted by atomic mass is 10.2. The lowest BCUT2D eigenvalue weighted by molar-refractivity contribution is 0.252. The number of aryl methyl sites for hydroxylation is 2. The lowest BCUT2D eigenvalue weighted by Gasteiger charge is -2.07. The molecule has 25 heavy (non-hydrogen) atoms. The van der Waals surface area contributed by atoms with Crippen LogP contribution >= 0.6 is 11.3 Å². The van der Waals surface area contributed by atoms with Crippen molar-refractivity contribution in [2.45, 2.75) is 26.7 Å². The molecule has 9 heteroatoms. The van der Waals surface area contributed by atoms with Crippen LogP contribution in [0.25, 0.3) is 11.5 Å². The number of benzene rings is 1. The molecule has 1 aromatic carbocycles. The molecule has 0 unspecified atom stereocenters. The fourth-order valence-corrected chi connectivity index (χ4v) is 2.85. The minimum Gasteiger partial charge on any atom is -0.337 e. The van der Waals surface area contributed by atoms with Crippen LogP contribution in [-0.2, 0) is 12.8 Å². The zero-order valence-electron chi connectivity index (χ0n) is 13.9. The van der Waals surface area contributed by atoms with Gasteiger partial charge in [0.1, 0.15) is 10.0 Å². The molecule has 0 saturated carbocycles. The molecule has 0 saturated heterocycles. The van der Waals surface area contributed by atoms with Crippen LogP contribution in [-0.4, -0.2) is 32.9 Å². The number of amides is 2. The maximum absolute atomic E-state index is 12.0. The van der Waals surface area contributed by atoms with E-state index in [9.17, 15) is 4.79 Å². The van der Waals surface area contributed by atoms with Gasteiger partial charge in [0.15, 0.2) is 5.82 Å². The van der Waals surface area contributed by atoms with Crippen molar-refractivity contribution >= 4 is 23.1 Å². The quantitative estimate of drug-likeness (QED) is 0.702. The summed E-state index contributed by atoms with van der Waals surface area (Å²) in [4.78, 5) is 16.3. The molecule has 0 bridgehead atoms. The largest absolute Gasteiger partial charge is 0.337 e. The van der Waals surface area contributed by atoms with E-state index in [4.69, 9.17) is 4.52 Å². The number of carbonyl (C=O) groups excluding carboxylic acids is 1. The van der Waals surface area contributed by atoms with Crippen LogP contribution < -0.4 is 10.6 Å². The van der Waals surface area contributed by atoms with Gasteiger partial charge in [0.25, 0.3) is 5.89 Å². The van der Waals surface area contributed by atoms with E-state index < -0.39 is 0 Å². The van der Waals surface area contributed by atoms with Gasteiger partial charge in [0.05, 0.1) is 0 Å². The van der Waals surface area contributed by atoms with Gasteiger partial charge < -0.3 is 15.2 Å². The van der Waals surface area contributed by atoms with Gasteiger partial charge in [-0.2, -0.15) is 4.98 Å². The van der Waals surface area contributed by atoms with Gasteiger partial charge in [-0.05, 0) is 25.1 Å². The maximum Gasteiger partial charge on any atom is 0.319 e. The summed E-state index contributed by atoms with van der Waals surface area (Å²) in [5.41, 5.74) is 1.41. The third kappa shape index (κ3) is 4.60. The number of nitrogens with one attached hydrogen (secondary N) is 2. The minimum atomic E-state index is -0.279. The Morgan fingerprint density at radius 3 is 2.92 bits per heavy atom. The first-order valence-electron chi connectivity index (χ1n) is 7.91. The second kappa shape index (κ2) is 7.84. The Kier molecular flexibility index (Phi) is 5.34. The number of hydrogen-bond acceptors (Lipinski definition) is 7. The first-order chi connectivity index (χ1) is 12.1. The fraction of sp³-hybridized carbons (Fsp3) is 0.312. The van der Waals surface area contributed by atoms with Crippen LogP contribution in [0.5, 0.6) is 0 Å². The molecular weight excluding hydrogens is 340 g/mol. The molecule has 0 aliphatic carbocycles. The normalized spacial score (nSPS) is 10.6. The van der Waals surface area contributed by atoms with E-state index in [2.05, 4.69) is 31.0 Å². The van der Waals surface area contributed by atoms with Crippen molar-refractivity contribution in [2.75, 3.05) is 11.9 Å². The molecule has 0 aliphatic rings. The number of rotatable bonds is 6. The van der Waals surface area contributed by atoms with Crippen LogP contribution in [0.1, 0.15) is 22.8 Å². The fourth-order valence-electron chi connectivity index (χ4n) is 2.14. The Labute approximate surface area is 148 Å². The molecule has 130 valence electrons. The average molecular weight is 358 g/mol. The Morgan fingerprint density at radius 1 is 1.32 bits per heavy atom. The maximum atomic E-state index is 12.0. The van der Waals surface area contributed by atoms with Crippen molar-refractivity contribution in [2.24, 2.45) is 0 Å². The Balaban J connectivity index is 1.55. The molecular formula is C16H18N6O2S. The van der Waals surface area contributed by atoms with E-state index >= 15 is 0 Å². The van der Waals surface area contributed by atoms with Crippen LogP contribution in [0, 0.1) is 6.92 Å². The smallest absolute Gasteiger partial charge is 0.319 e. The van der Waals surface area contributed by atoms with Crippen LogP contribution in [0.15, 0.2) is 28.8 Å². The van der Waals surface area contributed by atoms with Gasteiger partial charge in [0, 0.05) is 30.6 Å². The summed E-state index contributed by atoms with van der Waals surface area (Å²) in [5.74, 6) is 1.09. The van der Waals surface area contributed by atoms with Gasteiger partial charge in [-0.1, -0.05) is 18.1 Å². The first-order valence-corrected chi connectivity index (χ1v) is 8.72. The van der Waals surface area contributed by atoms with E-state index in [1.165, 1.54) is 11.3 Å². The van der Waals surface area contributed by atoms with Crippen LogP contribution in [0.3, 0.4) is 0 Å². The zero-order valence-corrected chi connectivity index (χ0v) is 14.8. The number of carbonyl (C=O) groups is 1. The Bertz CT molecular complexity index is 860. The van der Waals surface area contributed by atoms with Gasteiger partial charge in [-0.25, -0.2) is 4.79 Å². The average Bonchev–Trinajstić information content (AvgIpc) is 3.24. The Hall–Kier alpha value is -2.81. The summed E-state index contributed by atoms with van der Waals surface area (Å²) >= 11 is 1.53. The molecule has 3 rings (SSSR count). The Morgan fingerprint density at radius 2 is 2.20 bits per heavy atom. The van der Waals surface area contributed by atoms with E-state index in [0.29, 0.717) is 36.8 Å². The second-order valence-corrected chi connectivity index (χ2v) is 6.56. The highest BCUT2D eigenvalue weighted by Crippen LogP contribution is 2.21. The van der Waals surface area contributed by atoms with Crippen molar-refractivity contribution in [3.8, 4) is 11.5 Å². The van der Waals surface area contributed by atoms with Gasteiger partial charge in [0.2, 0.25) is 0 Å². The third-order valence-corrected chi connectivity index (χ3v) is 4.24. The summed E-state index contributed by atoms with van der Waals surface area (Å²) in [7, 11) is 0. The minimum absolute atomic E-state index is 0.279. The lowest BCUT2D eigenvalue weighted by Crippen LogP contribution is -2.30. The second-order valence-electron chi connectivity index (χ2n) is 5.30. The summed E-state index contributed by atoms with van der Waals surface area (Å²) in [6.07, 6.45) is 1.36. The molecule has 2 aromatic heterocycles. The predicted molar refractivity (Wildman–Crippen MR) is 94.5 cm³/mol.